The zero-order chi connectivity index (χ0) is 18.3. The molecule has 3 aromatic rings. The van der Waals surface area contributed by atoms with Crippen LogP contribution in [-0.2, 0) is 0 Å². The molecule has 4 heterocycles. The number of thiophene rings is 1. The number of pyridine rings is 1. The van der Waals surface area contributed by atoms with Crippen LogP contribution in [0.4, 0.5) is 17.3 Å². The van der Waals surface area contributed by atoms with Gasteiger partial charge in [0.2, 0.25) is 0 Å². The summed E-state index contributed by atoms with van der Waals surface area (Å²) < 4.78 is 0. The molecule has 3 aromatic heterocycles. The number of hydrogen-bond donors (Lipinski definition) is 0. The molecule has 134 valence electrons. The molecular weight excluding hydrogens is 352 g/mol. The number of rotatable bonds is 3. The third kappa shape index (κ3) is 2.94. The Morgan fingerprint density at radius 1 is 1.04 bits per heavy atom. The Bertz CT molecular complexity index is 981. The summed E-state index contributed by atoms with van der Waals surface area (Å²) in [4.78, 5) is 30.3. The minimum Gasteiger partial charge on any atom is -0.353 e. The summed E-state index contributed by atoms with van der Waals surface area (Å²) in [5.41, 5.74) is 0.853. The fourth-order valence-corrected chi connectivity index (χ4v) is 4.17. The average molecular weight is 370 g/mol. The van der Waals surface area contributed by atoms with Gasteiger partial charge in [-0.2, -0.15) is 0 Å². The van der Waals surface area contributed by atoms with Crippen LogP contribution in [0.1, 0.15) is 10.4 Å². The van der Waals surface area contributed by atoms with Crippen LogP contribution in [0, 0.1) is 24.0 Å². The lowest BCUT2D eigenvalue weighted by Gasteiger charge is -2.36. The topological polar surface area (TPSA) is 88.3 Å². The minimum absolute atomic E-state index is 0.0288. The molecule has 0 aliphatic carbocycles. The fraction of sp³-hybridized carbons (Fsp3) is 0.353. The highest BCUT2D eigenvalue weighted by atomic mass is 32.1. The lowest BCUT2D eigenvalue weighted by molar-refractivity contribution is -0.385. The van der Waals surface area contributed by atoms with E-state index in [1.807, 2.05) is 6.92 Å². The minimum atomic E-state index is -0.412. The van der Waals surface area contributed by atoms with Crippen molar-refractivity contribution in [1.82, 2.24) is 15.0 Å². The van der Waals surface area contributed by atoms with Crippen molar-refractivity contribution in [3.63, 3.8) is 0 Å². The Morgan fingerprint density at radius 3 is 2.38 bits per heavy atom. The van der Waals surface area contributed by atoms with Crippen LogP contribution in [0.15, 0.2) is 24.7 Å². The molecule has 0 bridgehead atoms. The summed E-state index contributed by atoms with van der Waals surface area (Å²) in [5.74, 6) is 1.79. The first-order chi connectivity index (χ1) is 12.5. The first kappa shape index (κ1) is 16.6. The van der Waals surface area contributed by atoms with Gasteiger partial charge in [0.1, 0.15) is 29.0 Å². The standard InChI is InChI=1S/C17H18N6O2S/c1-11-7-13(23(24)25)9-18-15(11)21-3-5-22(6-4-21)16-14-8-12(2)26-17(14)20-10-19-16/h7-10H,3-6H2,1-2H3. The molecule has 1 saturated heterocycles. The zero-order valence-electron chi connectivity index (χ0n) is 14.5. The highest BCUT2D eigenvalue weighted by Crippen LogP contribution is 2.31. The van der Waals surface area contributed by atoms with E-state index < -0.39 is 4.92 Å². The van der Waals surface area contributed by atoms with Gasteiger partial charge in [-0.3, -0.25) is 10.1 Å². The van der Waals surface area contributed by atoms with E-state index in [0.29, 0.717) is 0 Å². The second-order valence-corrected chi connectivity index (χ2v) is 7.57. The predicted octanol–water partition coefficient (Wildman–Crippen LogP) is 2.94. The van der Waals surface area contributed by atoms with E-state index in [2.05, 4.69) is 37.7 Å². The van der Waals surface area contributed by atoms with Gasteiger partial charge in [0.15, 0.2) is 0 Å². The lowest BCUT2D eigenvalue weighted by atomic mass is 10.2. The molecule has 0 amide bonds. The first-order valence-electron chi connectivity index (χ1n) is 8.35. The molecule has 0 aromatic carbocycles. The maximum absolute atomic E-state index is 10.9. The van der Waals surface area contributed by atoms with Crippen LogP contribution in [0.3, 0.4) is 0 Å². The van der Waals surface area contributed by atoms with E-state index in [1.165, 1.54) is 11.1 Å². The summed E-state index contributed by atoms with van der Waals surface area (Å²) in [5, 5.41) is 12.0. The molecule has 0 spiro atoms. The SMILES string of the molecule is Cc1cc2c(N3CCN(c4ncc([N+](=O)[O-])cc4C)CC3)ncnc2s1. The molecule has 0 saturated carbocycles. The van der Waals surface area contributed by atoms with Gasteiger partial charge in [0.05, 0.1) is 10.3 Å². The number of fused-ring (bicyclic) bond motifs is 1. The van der Waals surface area contributed by atoms with E-state index in [1.54, 1.807) is 23.7 Å². The number of nitrogens with zero attached hydrogens (tertiary/aromatic N) is 6. The molecule has 4 rings (SSSR count). The average Bonchev–Trinajstić information content (AvgIpc) is 3.02. The van der Waals surface area contributed by atoms with E-state index in [4.69, 9.17) is 0 Å². The molecule has 1 fully saturated rings. The van der Waals surface area contributed by atoms with Crippen molar-refractivity contribution < 1.29 is 4.92 Å². The highest BCUT2D eigenvalue weighted by Gasteiger charge is 2.23. The maximum atomic E-state index is 10.9. The summed E-state index contributed by atoms with van der Waals surface area (Å²) in [7, 11) is 0. The molecule has 1 aliphatic rings. The molecule has 9 heteroatoms. The van der Waals surface area contributed by atoms with Crippen molar-refractivity contribution >= 4 is 38.9 Å². The van der Waals surface area contributed by atoms with Gasteiger partial charge < -0.3 is 9.80 Å². The quantitative estimate of drug-likeness (QED) is 0.517. The summed E-state index contributed by atoms with van der Waals surface area (Å²) >= 11 is 1.68. The van der Waals surface area contributed by atoms with E-state index in [-0.39, 0.29) is 5.69 Å². The normalized spacial score (nSPS) is 14.8. The van der Waals surface area contributed by atoms with Crippen molar-refractivity contribution in [1.29, 1.82) is 0 Å². The van der Waals surface area contributed by atoms with Gasteiger partial charge in [0, 0.05) is 37.1 Å². The third-order valence-electron chi connectivity index (χ3n) is 4.56. The molecular formula is C17H18N6O2S. The number of aromatic nitrogens is 3. The monoisotopic (exact) mass is 370 g/mol. The summed E-state index contributed by atoms with van der Waals surface area (Å²) in [6.45, 7) is 7.17. The molecule has 0 N–H and O–H groups in total. The van der Waals surface area contributed by atoms with E-state index >= 15 is 0 Å². The Kier molecular flexibility index (Phi) is 4.15. The molecule has 0 atom stereocenters. The van der Waals surface area contributed by atoms with Crippen molar-refractivity contribution in [2.75, 3.05) is 36.0 Å². The highest BCUT2D eigenvalue weighted by molar-refractivity contribution is 7.18. The van der Waals surface area contributed by atoms with E-state index in [0.717, 1.165) is 53.6 Å². The number of hydrogen-bond acceptors (Lipinski definition) is 8. The first-order valence-corrected chi connectivity index (χ1v) is 9.16. The van der Waals surface area contributed by atoms with Crippen molar-refractivity contribution in [2.24, 2.45) is 0 Å². The van der Waals surface area contributed by atoms with Crippen LogP contribution in [0.5, 0.6) is 0 Å². The Labute approximate surface area is 154 Å². The number of piperazine rings is 1. The van der Waals surface area contributed by atoms with Crippen LogP contribution in [0.2, 0.25) is 0 Å². The Balaban J connectivity index is 1.53. The van der Waals surface area contributed by atoms with Crippen LogP contribution in [0.25, 0.3) is 10.2 Å². The van der Waals surface area contributed by atoms with Gasteiger partial charge in [0.25, 0.3) is 5.69 Å². The maximum Gasteiger partial charge on any atom is 0.287 e. The third-order valence-corrected chi connectivity index (χ3v) is 5.52. The van der Waals surface area contributed by atoms with Gasteiger partial charge in [-0.25, -0.2) is 15.0 Å². The van der Waals surface area contributed by atoms with Gasteiger partial charge >= 0.3 is 0 Å². The molecule has 8 nitrogen and oxygen atoms in total. The fourth-order valence-electron chi connectivity index (χ4n) is 3.33. The van der Waals surface area contributed by atoms with Crippen LogP contribution in [-0.4, -0.2) is 46.1 Å². The number of aryl methyl sites for hydroxylation is 2. The van der Waals surface area contributed by atoms with Gasteiger partial charge in [-0.1, -0.05) is 0 Å². The van der Waals surface area contributed by atoms with Crippen molar-refractivity contribution in [2.45, 2.75) is 13.8 Å². The van der Waals surface area contributed by atoms with Crippen LogP contribution < -0.4 is 9.80 Å². The molecule has 26 heavy (non-hydrogen) atoms. The second kappa shape index (κ2) is 6.49. The smallest absolute Gasteiger partial charge is 0.287 e. The lowest BCUT2D eigenvalue weighted by Crippen LogP contribution is -2.47. The molecule has 1 aliphatic heterocycles. The second-order valence-electron chi connectivity index (χ2n) is 6.34. The zero-order valence-corrected chi connectivity index (χ0v) is 15.4. The predicted molar refractivity (Wildman–Crippen MR) is 102 cm³/mol. The number of nitro groups is 1. The molecule has 0 radical (unpaired) electrons. The largest absolute Gasteiger partial charge is 0.353 e. The Morgan fingerprint density at radius 2 is 1.73 bits per heavy atom. The summed E-state index contributed by atoms with van der Waals surface area (Å²) in [6, 6.07) is 3.72. The van der Waals surface area contributed by atoms with Gasteiger partial charge in [-0.15, -0.1) is 11.3 Å². The number of anilines is 2. The Hall–Kier alpha value is -2.81. The van der Waals surface area contributed by atoms with Crippen molar-refractivity contribution in [3.05, 3.63) is 45.2 Å². The van der Waals surface area contributed by atoms with Crippen molar-refractivity contribution in [3.8, 4) is 0 Å². The molecule has 0 unspecified atom stereocenters. The van der Waals surface area contributed by atoms with E-state index in [9.17, 15) is 10.1 Å². The van der Waals surface area contributed by atoms with Gasteiger partial charge in [-0.05, 0) is 25.5 Å². The van der Waals surface area contributed by atoms with Crippen LogP contribution >= 0.6 is 11.3 Å². The summed E-state index contributed by atoms with van der Waals surface area (Å²) in [6.07, 6.45) is 2.96.